The molecule has 6 rings (SSSR count). The van der Waals surface area contributed by atoms with E-state index in [0.29, 0.717) is 29.9 Å². The van der Waals surface area contributed by atoms with Crippen molar-refractivity contribution in [3.63, 3.8) is 0 Å². The summed E-state index contributed by atoms with van der Waals surface area (Å²) in [7, 11) is 0. The minimum absolute atomic E-state index is 0.0604. The summed E-state index contributed by atoms with van der Waals surface area (Å²) in [5.74, 6) is -0.560. The molecule has 3 aliphatic rings. The second kappa shape index (κ2) is 6.82. The van der Waals surface area contributed by atoms with Gasteiger partial charge in [-0.05, 0) is 37.5 Å². The first-order chi connectivity index (χ1) is 15.5. The monoisotopic (exact) mass is 433 g/mol. The Kier molecular flexibility index (Phi) is 4.12. The van der Waals surface area contributed by atoms with Gasteiger partial charge in [-0.3, -0.25) is 4.79 Å². The summed E-state index contributed by atoms with van der Waals surface area (Å²) < 4.78 is 15.9. The Balaban J connectivity index is 1.40. The lowest BCUT2D eigenvalue weighted by atomic mass is 9.85. The van der Waals surface area contributed by atoms with Crippen molar-refractivity contribution in [3.05, 3.63) is 53.6 Å². The molecule has 0 saturated heterocycles. The largest absolute Gasteiger partial charge is 0.348 e. The van der Waals surface area contributed by atoms with Gasteiger partial charge in [0.25, 0.3) is 5.91 Å². The quantitative estimate of drug-likeness (QED) is 0.684. The van der Waals surface area contributed by atoms with E-state index in [1.165, 1.54) is 10.6 Å². The number of hydrogen-bond donors (Lipinski definition) is 1. The molecule has 1 amide bonds. The van der Waals surface area contributed by atoms with Gasteiger partial charge in [-0.25, -0.2) is 13.9 Å². The number of imidazole rings is 1. The number of carbonyl (C=O) groups is 1. The maximum atomic E-state index is 14.4. The number of amides is 1. The maximum Gasteiger partial charge on any atom is 0.271 e. The average molecular weight is 433 g/mol. The first kappa shape index (κ1) is 19.3. The normalized spacial score (nSPS) is 23.8. The van der Waals surface area contributed by atoms with Gasteiger partial charge in [0, 0.05) is 36.2 Å². The molecule has 0 spiro atoms. The molecule has 164 valence electrons. The smallest absolute Gasteiger partial charge is 0.271 e. The third-order valence-corrected chi connectivity index (χ3v) is 7.11. The number of halogens is 1. The zero-order chi connectivity index (χ0) is 22.0. The Hall–Kier alpha value is -3.36. The number of fused-ring (bicyclic) bond motifs is 2. The maximum absolute atomic E-state index is 14.4. The number of hydrogen-bond acceptors (Lipinski definition) is 5. The topological polar surface area (TPSA) is 91.0 Å². The average Bonchev–Trinajstić information content (AvgIpc) is 3.23. The highest BCUT2D eigenvalue weighted by Gasteiger charge is 2.50. The molecule has 1 aliphatic carbocycles. The van der Waals surface area contributed by atoms with Crippen molar-refractivity contribution in [1.29, 1.82) is 0 Å². The van der Waals surface area contributed by atoms with E-state index in [-0.39, 0.29) is 23.1 Å². The molecular formula is C23H24FN7O. The Morgan fingerprint density at radius 1 is 1.34 bits per heavy atom. The van der Waals surface area contributed by atoms with E-state index in [1.54, 1.807) is 29.6 Å². The molecule has 1 fully saturated rings. The molecule has 8 nitrogen and oxygen atoms in total. The van der Waals surface area contributed by atoms with Gasteiger partial charge in [-0.15, -0.1) is 5.10 Å². The van der Waals surface area contributed by atoms with Gasteiger partial charge in [0.1, 0.15) is 23.1 Å². The summed E-state index contributed by atoms with van der Waals surface area (Å²) in [6.07, 6.45) is 6.97. The van der Waals surface area contributed by atoms with E-state index in [0.717, 1.165) is 36.4 Å². The summed E-state index contributed by atoms with van der Waals surface area (Å²) >= 11 is 0. The summed E-state index contributed by atoms with van der Waals surface area (Å²) in [4.78, 5) is 23.3. The van der Waals surface area contributed by atoms with Crippen LogP contribution in [0.3, 0.4) is 0 Å². The number of rotatable bonds is 4. The van der Waals surface area contributed by atoms with Gasteiger partial charge in [0.15, 0.2) is 0 Å². The second-order valence-corrected chi connectivity index (χ2v) is 9.16. The zero-order valence-corrected chi connectivity index (χ0v) is 18.0. The van der Waals surface area contributed by atoms with Crippen molar-refractivity contribution in [1.82, 2.24) is 24.5 Å². The van der Waals surface area contributed by atoms with Crippen LogP contribution in [0.15, 0.2) is 40.9 Å². The van der Waals surface area contributed by atoms with Crippen molar-refractivity contribution in [2.45, 2.75) is 45.6 Å². The molecule has 1 N–H and O–H groups in total. The van der Waals surface area contributed by atoms with Crippen molar-refractivity contribution >= 4 is 22.8 Å². The lowest BCUT2D eigenvalue weighted by Crippen LogP contribution is -2.46. The van der Waals surface area contributed by atoms with Crippen LogP contribution in [0.2, 0.25) is 0 Å². The first-order valence-corrected chi connectivity index (χ1v) is 11.1. The van der Waals surface area contributed by atoms with Crippen molar-refractivity contribution in [2.75, 3.05) is 6.54 Å². The number of aromatic amines is 1. The Morgan fingerprint density at radius 2 is 2.19 bits per heavy atom. The molecule has 5 heterocycles. The number of H-pyrrole nitrogens is 1. The van der Waals surface area contributed by atoms with Crippen molar-refractivity contribution in [3.8, 4) is 0 Å². The number of carbonyl (C=O) groups excluding carboxylic acids is 1. The predicted octanol–water partition coefficient (Wildman–Crippen LogP) is 3.31. The van der Waals surface area contributed by atoms with Gasteiger partial charge >= 0.3 is 0 Å². The minimum atomic E-state index is -0.516. The second-order valence-electron chi connectivity index (χ2n) is 9.16. The van der Waals surface area contributed by atoms with Gasteiger partial charge in [-0.1, -0.05) is 13.8 Å². The summed E-state index contributed by atoms with van der Waals surface area (Å²) in [5.41, 5.74) is 4.27. The van der Waals surface area contributed by atoms with Crippen LogP contribution < -0.4 is 0 Å². The van der Waals surface area contributed by atoms with Gasteiger partial charge in [-0.2, -0.15) is 10.2 Å². The number of nitrogens with one attached hydrogen (secondary N) is 1. The van der Waals surface area contributed by atoms with Gasteiger partial charge in [0.05, 0.1) is 23.4 Å². The predicted molar refractivity (Wildman–Crippen MR) is 117 cm³/mol. The van der Waals surface area contributed by atoms with Gasteiger partial charge < -0.3 is 9.88 Å². The van der Waals surface area contributed by atoms with E-state index in [2.05, 4.69) is 39.1 Å². The fourth-order valence-electron chi connectivity index (χ4n) is 5.02. The lowest BCUT2D eigenvalue weighted by Gasteiger charge is -2.34. The van der Waals surface area contributed by atoms with Crippen LogP contribution in [0.1, 0.15) is 56.2 Å². The molecule has 9 heteroatoms. The molecule has 32 heavy (non-hydrogen) atoms. The van der Waals surface area contributed by atoms with E-state index in [4.69, 9.17) is 0 Å². The lowest BCUT2D eigenvalue weighted by molar-refractivity contribution is -0.126. The summed E-state index contributed by atoms with van der Waals surface area (Å²) in [6.45, 7) is 4.77. The van der Waals surface area contributed by atoms with Crippen LogP contribution in [0.5, 0.6) is 0 Å². The molecule has 0 aromatic carbocycles. The van der Waals surface area contributed by atoms with Crippen LogP contribution in [0.25, 0.3) is 5.52 Å². The minimum Gasteiger partial charge on any atom is -0.348 e. The van der Waals surface area contributed by atoms with Crippen molar-refractivity contribution in [2.24, 2.45) is 21.5 Å². The van der Waals surface area contributed by atoms with Crippen molar-refractivity contribution < 1.29 is 9.18 Å². The van der Waals surface area contributed by atoms with Crippen LogP contribution in [-0.4, -0.2) is 48.4 Å². The molecular weight excluding hydrogens is 409 g/mol. The van der Waals surface area contributed by atoms with E-state index in [9.17, 15) is 9.18 Å². The van der Waals surface area contributed by atoms with Crippen LogP contribution in [0, 0.1) is 17.2 Å². The molecule has 2 aliphatic heterocycles. The number of aromatic nitrogens is 4. The Labute approximate surface area is 184 Å². The molecule has 0 radical (unpaired) electrons. The standard InChI is InChI=1S/C23H24FN7O/c1-3-13-18(27-28-21(13)23(2)7-8-23)22(32)30-10-6-15-19(26-12-25-15)20(30)16-11-17-14(24)5-4-9-31(17)29-16/h4-5,9,11-13,20H,3,6-8,10H2,1-2H3,(H,25,26). The van der Waals surface area contributed by atoms with Crippen LogP contribution >= 0.6 is 0 Å². The van der Waals surface area contributed by atoms with E-state index in [1.807, 2.05) is 0 Å². The Bertz CT molecular complexity index is 1300. The van der Waals surface area contributed by atoms with E-state index >= 15 is 0 Å². The number of pyridine rings is 1. The fraction of sp³-hybridized carbons (Fsp3) is 0.435. The third kappa shape index (κ3) is 2.76. The molecule has 2 atom stereocenters. The fourth-order valence-corrected chi connectivity index (χ4v) is 5.02. The molecule has 2 unspecified atom stereocenters. The Morgan fingerprint density at radius 3 is 2.94 bits per heavy atom. The first-order valence-electron chi connectivity index (χ1n) is 11.1. The highest BCUT2D eigenvalue weighted by atomic mass is 19.1. The SMILES string of the molecule is CCC1C(C(=O)N2CCc3[nH]cnc3C2c2cc3c(F)cccn3n2)=NN=C1C1(C)CC1. The third-order valence-electron chi connectivity index (χ3n) is 7.11. The zero-order valence-electron chi connectivity index (χ0n) is 18.0. The summed E-state index contributed by atoms with van der Waals surface area (Å²) in [5, 5.41) is 13.4. The van der Waals surface area contributed by atoms with Crippen LogP contribution in [-0.2, 0) is 11.2 Å². The van der Waals surface area contributed by atoms with Gasteiger partial charge in [0.2, 0.25) is 0 Å². The molecule has 1 saturated carbocycles. The van der Waals surface area contributed by atoms with E-state index < -0.39 is 6.04 Å². The number of nitrogens with zero attached hydrogens (tertiary/aromatic N) is 6. The molecule has 3 aromatic heterocycles. The van der Waals surface area contributed by atoms with Crippen LogP contribution in [0.4, 0.5) is 4.39 Å². The highest BCUT2D eigenvalue weighted by molar-refractivity contribution is 6.45. The molecule has 3 aromatic rings. The highest BCUT2D eigenvalue weighted by Crippen LogP contribution is 2.50. The summed E-state index contributed by atoms with van der Waals surface area (Å²) in [6, 6.07) is 4.20. The molecule has 0 bridgehead atoms.